The highest BCUT2D eigenvalue weighted by molar-refractivity contribution is 9.10. The lowest BCUT2D eigenvalue weighted by Gasteiger charge is -2.35. The van der Waals surface area contributed by atoms with Crippen molar-refractivity contribution in [3.8, 4) is 11.5 Å². The van der Waals surface area contributed by atoms with Crippen molar-refractivity contribution < 1.29 is 38.1 Å². The average Bonchev–Trinajstić information content (AvgIpc) is 2.74. The highest BCUT2D eigenvalue weighted by atomic mass is 79.9. The van der Waals surface area contributed by atoms with E-state index >= 15 is 0 Å². The van der Waals surface area contributed by atoms with E-state index in [2.05, 4.69) is 20.9 Å². The number of ketones is 1. The van der Waals surface area contributed by atoms with Gasteiger partial charge in [-0.15, -0.1) is 0 Å². The van der Waals surface area contributed by atoms with Gasteiger partial charge in [0.15, 0.2) is 33.2 Å². The lowest BCUT2D eigenvalue weighted by Crippen LogP contribution is -2.57. The third-order valence-corrected chi connectivity index (χ3v) is 8.42. The van der Waals surface area contributed by atoms with Gasteiger partial charge >= 0.3 is 5.97 Å². The summed E-state index contributed by atoms with van der Waals surface area (Å²) in [4.78, 5) is 40.3. The number of carbonyl (C=O) groups excluding carboxylic acids is 2. The molecule has 3 atom stereocenters. The van der Waals surface area contributed by atoms with E-state index in [1.807, 2.05) is 0 Å². The molecule has 10 nitrogen and oxygen atoms in total. The summed E-state index contributed by atoms with van der Waals surface area (Å²) in [6.45, 7) is 0.627. The molecule has 12 heteroatoms. The fraction of sp³-hybridized carbons (Fsp3) is 0.375. The van der Waals surface area contributed by atoms with Crippen molar-refractivity contribution in [3.63, 3.8) is 0 Å². The number of fused-ring (bicyclic) bond motifs is 1. The van der Waals surface area contributed by atoms with Gasteiger partial charge in [0.2, 0.25) is 5.91 Å². The SMILES string of the molecule is C[C@]1(C=NCC(=O)c2ccc(O)c(O)c2Br)[C@H](C(=O)O)N2C(=O)C[C@H]2S1(=O)=O. The van der Waals surface area contributed by atoms with Crippen LogP contribution in [-0.2, 0) is 19.4 Å². The molecule has 0 saturated carbocycles. The molecule has 0 spiro atoms. The second kappa shape index (κ2) is 6.55. The number of phenols is 2. The molecular weight excluding hydrogens is 460 g/mol. The zero-order valence-electron chi connectivity index (χ0n) is 14.4. The number of hydrogen-bond acceptors (Lipinski definition) is 8. The molecule has 1 aromatic carbocycles. The summed E-state index contributed by atoms with van der Waals surface area (Å²) in [7, 11) is -4.06. The van der Waals surface area contributed by atoms with Crippen LogP contribution in [0, 0.1) is 0 Å². The average molecular weight is 475 g/mol. The first kappa shape index (κ1) is 20.3. The van der Waals surface area contributed by atoms with E-state index < -0.39 is 61.7 Å². The molecule has 150 valence electrons. The number of aliphatic carboxylic acids is 1. The van der Waals surface area contributed by atoms with Gasteiger partial charge in [-0.2, -0.15) is 0 Å². The highest BCUT2D eigenvalue weighted by Gasteiger charge is 2.69. The Morgan fingerprint density at radius 1 is 1.39 bits per heavy atom. The van der Waals surface area contributed by atoms with Crippen molar-refractivity contribution in [2.24, 2.45) is 4.99 Å². The van der Waals surface area contributed by atoms with Crippen molar-refractivity contribution in [3.05, 3.63) is 22.2 Å². The first-order valence-electron chi connectivity index (χ1n) is 7.95. The number of carbonyl (C=O) groups is 3. The van der Waals surface area contributed by atoms with Crippen LogP contribution in [0.5, 0.6) is 11.5 Å². The van der Waals surface area contributed by atoms with Crippen molar-refractivity contribution in [2.75, 3.05) is 6.54 Å². The van der Waals surface area contributed by atoms with E-state index in [9.17, 15) is 38.1 Å². The zero-order chi connectivity index (χ0) is 21.0. The Kier molecular flexibility index (Phi) is 4.74. The van der Waals surface area contributed by atoms with Crippen LogP contribution in [0.4, 0.5) is 0 Å². The number of benzene rings is 1. The lowest BCUT2D eigenvalue weighted by molar-refractivity contribution is -0.156. The van der Waals surface area contributed by atoms with Crippen molar-refractivity contribution in [2.45, 2.75) is 29.5 Å². The molecule has 3 rings (SSSR count). The predicted octanol–water partition coefficient (Wildman–Crippen LogP) is 0.312. The number of aliphatic imine (C=N–C) groups is 1. The maximum Gasteiger partial charge on any atom is 0.328 e. The molecular formula is C16H15BrN2O8S. The molecule has 0 radical (unpaired) electrons. The lowest BCUT2D eigenvalue weighted by atomic mass is 9.97. The van der Waals surface area contributed by atoms with Crippen LogP contribution in [0.25, 0.3) is 0 Å². The van der Waals surface area contributed by atoms with Crippen LogP contribution in [0.1, 0.15) is 23.7 Å². The van der Waals surface area contributed by atoms with Crippen LogP contribution in [0.3, 0.4) is 0 Å². The van der Waals surface area contributed by atoms with Gasteiger partial charge < -0.3 is 20.2 Å². The number of phenolic OH excluding ortho intramolecular Hbond substituents is 2. The largest absolute Gasteiger partial charge is 0.504 e. The molecule has 0 aliphatic carbocycles. The number of nitrogens with zero attached hydrogens (tertiary/aromatic N) is 2. The third-order valence-electron chi connectivity index (χ3n) is 4.95. The van der Waals surface area contributed by atoms with Crippen LogP contribution in [0.15, 0.2) is 21.6 Å². The molecule has 2 saturated heterocycles. The number of halogens is 1. The number of hydrogen-bond donors (Lipinski definition) is 3. The summed E-state index contributed by atoms with van der Waals surface area (Å²) >= 11 is 2.98. The van der Waals surface area contributed by atoms with Crippen molar-refractivity contribution in [1.29, 1.82) is 0 Å². The monoisotopic (exact) mass is 474 g/mol. The van der Waals surface area contributed by atoms with Gasteiger partial charge in [-0.1, -0.05) is 0 Å². The van der Waals surface area contributed by atoms with Gasteiger partial charge in [-0.05, 0) is 35.0 Å². The van der Waals surface area contributed by atoms with E-state index in [1.54, 1.807) is 0 Å². The molecule has 2 aliphatic heterocycles. The molecule has 2 heterocycles. The standard InChI is InChI=1S/C16H15BrN2O8S/c1-16(14(15(24)25)19-10(22)4-11(19)28(16,26)27)6-18-5-9(21)7-2-3-8(20)13(23)12(7)17/h2-3,6,11,14,20,23H,4-5H2,1H3,(H,24,25)/t11-,14+,16+/m1/s1. The maximum atomic E-state index is 12.7. The zero-order valence-corrected chi connectivity index (χ0v) is 16.8. The molecule has 0 unspecified atom stereocenters. The molecule has 2 aliphatic rings. The number of Topliss-reactive ketones (excluding diaryl/α,β-unsaturated/α-hetero) is 1. The summed E-state index contributed by atoms with van der Waals surface area (Å²) in [6.07, 6.45) is 0.604. The molecule has 1 aromatic rings. The first-order chi connectivity index (χ1) is 12.9. The highest BCUT2D eigenvalue weighted by Crippen LogP contribution is 2.45. The molecule has 28 heavy (non-hydrogen) atoms. The molecule has 2 fully saturated rings. The minimum absolute atomic E-state index is 0.000615. The van der Waals surface area contributed by atoms with Gasteiger partial charge in [-0.25, -0.2) is 13.2 Å². The summed E-state index contributed by atoms with van der Waals surface area (Å²) in [5.74, 6) is -3.63. The smallest absolute Gasteiger partial charge is 0.328 e. The van der Waals surface area contributed by atoms with Crippen LogP contribution in [0.2, 0.25) is 0 Å². The van der Waals surface area contributed by atoms with Gasteiger partial charge in [0.05, 0.1) is 10.9 Å². The van der Waals surface area contributed by atoms with Crippen molar-refractivity contribution in [1.82, 2.24) is 4.90 Å². The van der Waals surface area contributed by atoms with Gasteiger partial charge in [-0.3, -0.25) is 14.6 Å². The van der Waals surface area contributed by atoms with Crippen LogP contribution >= 0.6 is 15.9 Å². The summed E-state index contributed by atoms with van der Waals surface area (Å²) in [5.41, 5.74) is 0.000615. The Labute approximate surface area is 167 Å². The van der Waals surface area contributed by atoms with E-state index in [4.69, 9.17) is 0 Å². The number of amides is 1. The van der Waals surface area contributed by atoms with Gasteiger partial charge in [0.25, 0.3) is 0 Å². The van der Waals surface area contributed by atoms with Crippen LogP contribution < -0.4 is 0 Å². The summed E-state index contributed by atoms with van der Waals surface area (Å²) in [5, 5.41) is 27.3. The number of sulfone groups is 1. The Hall–Kier alpha value is -2.47. The second-order valence-corrected chi connectivity index (χ2v) is 9.92. The van der Waals surface area contributed by atoms with Crippen molar-refractivity contribution >= 4 is 49.6 Å². The molecule has 1 amide bonds. The van der Waals surface area contributed by atoms with E-state index in [-0.39, 0.29) is 16.5 Å². The Morgan fingerprint density at radius 2 is 2.04 bits per heavy atom. The Morgan fingerprint density at radius 3 is 2.61 bits per heavy atom. The minimum Gasteiger partial charge on any atom is -0.504 e. The summed E-state index contributed by atoms with van der Waals surface area (Å²) < 4.78 is 23.4. The van der Waals surface area contributed by atoms with Gasteiger partial charge in [0.1, 0.15) is 16.7 Å². The predicted molar refractivity (Wildman–Crippen MR) is 99.2 cm³/mol. The summed E-state index contributed by atoms with van der Waals surface area (Å²) in [6, 6.07) is 0.721. The number of rotatable bonds is 5. The van der Waals surface area contributed by atoms with Gasteiger partial charge in [0, 0.05) is 11.8 Å². The second-order valence-electron chi connectivity index (χ2n) is 6.62. The Balaban J connectivity index is 1.88. The fourth-order valence-corrected chi connectivity index (χ4v) is 6.16. The number of carboxylic acids is 1. The third kappa shape index (κ3) is 2.70. The first-order valence-corrected chi connectivity index (χ1v) is 10.3. The molecule has 0 aromatic heterocycles. The fourth-order valence-electron chi connectivity index (χ4n) is 3.37. The normalized spacial score (nSPS) is 28.2. The van der Waals surface area contributed by atoms with Crippen LogP contribution in [-0.4, -0.2) is 75.2 Å². The quantitative estimate of drug-likeness (QED) is 0.237. The molecule has 3 N–H and O–H groups in total. The van der Waals surface area contributed by atoms with E-state index in [1.165, 1.54) is 6.07 Å². The number of carboxylic acid groups (broad SMARTS) is 1. The van der Waals surface area contributed by atoms with E-state index in [0.29, 0.717) is 0 Å². The molecule has 0 bridgehead atoms. The Bertz CT molecular complexity index is 1040. The number of aromatic hydroxyl groups is 2. The minimum atomic E-state index is -4.06. The van der Waals surface area contributed by atoms with E-state index in [0.717, 1.165) is 24.1 Å². The number of β-lactam (4-membered cyclic amide) rings is 1. The maximum absolute atomic E-state index is 12.7. The topological polar surface area (TPSA) is 162 Å².